The molecule has 0 saturated heterocycles. The van der Waals surface area contributed by atoms with E-state index in [-0.39, 0.29) is 4.90 Å². The van der Waals surface area contributed by atoms with Crippen LogP contribution in [0, 0.1) is 5.82 Å². The van der Waals surface area contributed by atoms with Gasteiger partial charge in [0, 0.05) is 5.92 Å². The number of benzene rings is 2. The van der Waals surface area contributed by atoms with Crippen molar-refractivity contribution in [1.82, 2.24) is 0 Å². The molecule has 4 nitrogen and oxygen atoms in total. The van der Waals surface area contributed by atoms with Crippen LogP contribution in [-0.4, -0.2) is 30.9 Å². The van der Waals surface area contributed by atoms with E-state index < -0.39 is 39.0 Å². The highest BCUT2D eigenvalue weighted by Crippen LogP contribution is 2.55. The standard InChI is InChI=1S/C16H16FNO3S/c17-12-6-4-5-11(9-12)14-15(16(14,18)10-19)22(20,21)13-7-2-1-3-8-13/h1-9,14-15,19H,10,18H2/t14-,15+,16-/m1/s1. The molecule has 116 valence electrons. The Labute approximate surface area is 128 Å². The molecule has 0 heterocycles. The molecule has 3 N–H and O–H groups in total. The maximum atomic E-state index is 13.4. The van der Waals surface area contributed by atoms with Crippen LogP contribution < -0.4 is 5.73 Å². The lowest BCUT2D eigenvalue weighted by molar-refractivity contribution is 0.253. The van der Waals surface area contributed by atoms with Crippen LogP contribution in [0.3, 0.4) is 0 Å². The van der Waals surface area contributed by atoms with E-state index in [0.29, 0.717) is 5.56 Å². The highest BCUT2D eigenvalue weighted by molar-refractivity contribution is 7.92. The lowest BCUT2D eigenvalue weighted by atomic mass is 10.1. The molecule has 2 aromatic carbocycles. The largest absolute Gasteiger partial charge is 0.394 e. The Bertz CT molecular complexity index is 794. The Balaban J connectivity index is 2.04. The van der Waals surface area contributed by atoms with Gasteiger partial charge in [0.1, 0.15) is 5.82 Å². The van der Waals surface area contributed by atoms with Gasteiger partial charge in [0.15, 0.2) is 9.84 Å². The predicted molar refractivity (Wildman–Crippen MR) is 80.6 cm³/mol. The van der Waals surface area contributed by atoms with Crippen LogP contribution in [0.1, 0.15) is 11.5 Å². The first-order chi connectivity index (χ1) is 10.4. The van der Waals surface area contributed by atoms with Gasteiger partial charge in [0.2, 0.25) is 0 Å². The fourth-order valence-corrected chi connectivity index (χ4v) is 5.34. The van der Waals surface area contributed by atoms with E-state index in [1.165, 1.54) is 30.3 Å². The third-order valence-corrected chi connectivity index (χ3v) is 6.50. The second-order valence-corrected chi connectivity index (χ2v) is 7.65. The number of hydrogen-bond acceptors (Lipinski definition) is 4. The summed E-state index contributed by atoms with van der Waals surface area (Å²) in [6, 6.07) is 13.7. The molecule has 0 bridgehead atoms. The third kappa shape index (κ3) is 2.24. The number of hydrogen-bond donors (Lipinski definition) is 2. The number of aliphatic hydroxyl groups excluding tert-OH is 1. The lowest BCUT2D eigenvalue weighted by Gasteiger charge is -2.08. The summed E-state index contributed by atoms with van der Waals surface area (Å²) in [6.45, 7) is -0.481. The number of halogens is 1. The minimum absolute atomic E-state index is 0.155. The average Bonchev–Trinajstić information content (AvgIpc) is 3.16. The van der Waals surface area contributed by atoms with Gasteiger partial charge in [-0.2, -0.15) is 0 Å². The lowest BCUT2D eigenvalue weighted by Crippen LogP contribution is -2.35. The molecule has 6 heteroatoms. The molecular formula is C16H16FNO3S. The molecule has 1 aliphatic carbocycles. The minimum Gasteiger partial charge on any atom is -0.394 e. The number of rotatable bonds is 4. The Morgan fingerprint density at radius 2 is 1.82 bits per heavy atom. The first kappa shape index (κ1) is 15.1. The van der Waals surface area contributed by atoms with Gasteiger partial charge in [-0.15, -0.1) is 0 Å². The van der Waals surface area contributed by atoms with E-state index in [0.717, 1.165) is 0 Å². The van der Waals surface area contributed by atoms with Crippen molar-refractivity contribution >= 4 is 9.84 Å². The van der Waals surface area contributed by atoms with Crippen molar-refractivity contribution in [1.29, 1.82) is 0 Å². The molecular weight excluding hydrogens is 305 g/mol. The molecule has 2 aromatic rings. The van der Waals surface area contributed by atoms with Crippen molar-refractivity contribution in [3.05, 3.63) is 66.0 Å². The molecule has 3 atom stereocenters. The molecule has 22 heavy (non-hydrogen) atoms. The monoisotopic (exact) mass is 321 g/mol. The first-order valence-corrected chi connectivity index (χ1v) is 8.40. The molecule has 0 spiro atoms. The zero-order valence-corrected chi connectivity index (χ0v) is 12.5. The average molecular weight is 321 g/mol. The molecule has 1 fully saturated rings. The molecule has 1 aliphatic rings. The van der Waals surface area contributed by atoms with Crippen molar-refractivity contribution in [2.45, 2.75) is 21.6 Å². The summed E-state index contributed by atoms with van der Waals surface area (Å²) in [4.78, 5) is 0.155. The van der Waals surface area contributed by atoms with Crippen LogP contribution in [0.4, 0.5) is 4.39 Å². The smallest absolute Gasteiger partial charge is 0.183 e. The van der Waals surface area contributed by atoms with E-state index in [4.69, 9.17) is 5.73 Å². The predicted octanol–water partition coefficient (Wildman–Crippen LogP) is 1.46. The van der Waals surface area contributed by atoms with Gasteiger partial charge in [0.25, 0.3) is 0 Å². The van der Waals surface area contributed by atoms with Crippen LogP contribution in [-0.2, 0) is 9.84 Å². The molecule has 3 rings (SSSR count). The Morgan fingerprint density at radius 3 is 2.41 bits per heavy atom. The SMILES string of the molecule is N[C@]1(CO)[C@H](c2cccc(F)c2)[C@@H]1S(=O)(=O)c1ccccc1. The van der Waals surface area contributed by atoms with Crippen molar-refractivity contribution in [3.63, 3.8) is 0 Å². The molecule has 0 unspecified atom stereocenters. The van der Waals surface area contributed by atoms with Crippen LogP contribution in [0.25, 0.3) is 0 Å². The van der Waals surface area contributed by atoms with E-state index in [2.05, 4.69) is 0 Å². The fourth-order valence-electron chi connectivity index (χ4n) is 3.02. The van der Waals surface area contributed by atoms with Crippen LogP contribution in [0.15, 0.2) is 59.5 Å². The van der Waals surface area contributed by atoms with Gasteiger partial charge in [-0.3, -0.25) is 0 Å². The molecule has 0 amide bonds. The fraction of sp³-hybridized carbons (Fsp3) is 0.250. The van der Waals surface area contributed by atoms with Crippen molar-refractivity contribution in [3.8, 4) is 0 Å². The van der Waals surface area contributed by atoms with Crippen molar-refractivity contribution < 1.29 is 17.9 Å². The maximum Gasteiger partial charge on any atom is 0.183 e. The van der Waals surface area contributed by atoms with Crippen LogP contribution >= 0.6 is 0 Å². The number of nitrogens with two attached hydrogens (primary N) is 1. The Morgan fingerprint density at radius 1 is 1.14 bits per heavy atom. The van der Waals surface area contributed by atoms with Crippen molar-refractivity contribution in [2.75, 3.05) is 6.61 Å². The summed E-state index contributed by atoms with van der Waals surface area (Å²) in [5.74, 6) is -1.08. The summed E-state index contributed by atoms with van der Waals surface area (Å²) in [6.07, 6.45) is 0. The zero-order valence-electron chi connectivity index (χ0n) is 11.7. The summed E-state index contributed by atoms with van der Waals surface area (Å²) in [5, 5.41) is 8.60. The number of sulfone groups is 1. The minimum atomic E-state index is -3.70. The quantitative estimate of drug-likeness (QED) is 0.893. The normalized spacial score (nSPS) is 27.6. The van der Waals surface area contributed by atoms with Gasteiger partial charge in [0.05, 0.1) is 22.3 Å². The van der Waals surface area contributed by atoms with Gasteiger partial charge in [-0.1, -0.05) is 30.3 Å². The molecule has 0 radical (unpaired) electrons. The Hall–Kier alpha value is -1.76. The summed E-state index contributed by atoms with van der Waals surface area (Å²) < 4.78 is 38.9. The van der Waals surface area contributed by atoms with Gasteiger partial charge < -0.3 is 10.8 Å². The van der Waals surface area contributed by atoms with E-state index in [9.17, 15) is 17.9 Å². The summed E-state index contributed by atoms with van der Waals surface area (Å²) >= 11 is 0. The van der Waals surface area contributed by atoms with Gasteiger partial charge in [-0.25, -0.2) is 12.8 Å². The van der Waals surface area contributed by atoms with E-state index in [1.807, 2.05) is 0 Å². The molecule has 0 aliphatic heterocycles. The summed E-state index contributed by atoms with van der Waals surface area (Å²) in [7, 11) is -3.70. The zero-order chi connectivity index (χ0) is 16.0. The van der Waals surface area contributed by atoms with Crippen LogP contribution in [0.5, 0.6) is 0 Å². The number of aliphatic hydroxyl groups is 1. The maximum absolute atomic E-state index is 13.4. The molecule has 0 aromatic heterocycles. The van der Waals surface area contributed by atoms with E-state index >= 15 is 0 Å². The third-order valence-electron chi connectivity index (χ3n) is 4.19. The van der Waals surface area contributed by atoms with Crippen molar-refractivity contribution in [2.24, 2.45) is 5.73 Å². The highest BCUT2D eigenvalue weighted by Gasteiger charge is 2.69. The molecule has 1 saturated carbocycles. The topological polar surface area (TPSA) is 80.4 Å². The Kier molecular flexibility index (Phi) is 3.55. The highest BCUT2D eigenvalue weighted by atomic mass is 32.2. The van der Waals surface area contributed by atoms with Gasteiger partial charge in [-0.05, 0) is 29.8 Å². The van der Waals surface area contributed by atoms with Gasteiger partial charge >= 0.3 is 0 Å². The second-order valence-electron chi connectivity index (χ2n) is 5.58. The van der Waals surface area contributed by atoms with E-state index in [1.54, 1.807) is 24.3 Å². The first-order valence-electron chi connectivity index (χ1n) is 6.85. The van der Waals surface area contributed by atoms with Crippen LogP contribution in [0.2, 0.25) is 0 Å². The second kappa shape index (κ2) is 5.15. The summed E-state index contributed by atoms with van der Waals surface area (Å²) in [5.41, 5.74) is 5.29.